The first-order valence-corrected chi connectivity index (χ1v) is 2.12. The monoisotopic (exact) mass is 120 g/mol. The van der Waals surface area contributed by atoms with Crippen LogP contribution in [0.25, 0.3) is 0 Å². The molecule has 0 aliphatic carbocycles. The largest absolute Gasteiger partial charge is 0.482 e. The summed E-state index contributed by atoms with van der Waals surface area (Å²) >= 11 is 0. The highest BCUT2D eigenvalue weighted by atomic mass is 16.5. The van der Waals surface area contributed by atoms with E-state index in [9.17, 15) is 0 Å². The van der Waals surface area contributed by atoms with Crippen molar-refractivity contribution in [2.45, 2.75) is 0 Å². The van der Waals surface area contributed by atoms with Gasteiger partial charge in [0.15, 0.2) is 0 Å². The number of aliphatic hydroxyl groups is 2. The van der Waals surface area contributed by atoms with Crippen LogP contribution in [0.5, 0.6) is 0 Å². The molecule has 0 amide bonds. The van der Waals surface area contributed by atoms with Gasteiger partial charge in [0.05, 0.1) is 0 Å². The van der Waals surface area contributed by atoms with E-state index in [1.165, 1.54) is 0 Å². The Balaban J connectivity index is 0. The summed E-state index contributed by atoms with van der Waals surface area (Å²) in [5.74, 6) is -0.833. The van der Waals surface area contributed by atoms with Gasteiger partial charge in [0, 0.05) is 13.1 Å². The summed E-state index contributed by atoms with van der Waals surface area (Å²) in [4.78, 5) is 0. The van der Waals surface area contributed by atoms with E-state index >= 15 is 0 Å². The molecule has 4 nitrogen and oxygen atoms in total. The number of aliphatic hydroxyl groups excluding tert-OH is 1. The minimum Gasteiger partial charge on any atom is -0.482 e. The van der Waals surface area contributed by atoms with Crippen molar-refractivity contribution in [3.05, 3.63) is 12.5 Å². The molecule has 0 fully saturated rings. The van der Waals surface area contributed by atoms with Gasteiger partial charge in [-0.2, -0.15) is 0 Å². The van der Waals surface area contributed by atoms with Gasteiger partial charge in [-0.05, 0) is 6.58 Å². The second kappa shape index (κ2) is 9.54. The lowest BCUT2D eigenvalue weighted by atomic mass is 10.7. The Labute approximate surface area is 48.4 Å². The normalized spacial score (nSPS) is 6.75. The van der Waals surface area contributed by atoms with Crippen LogP contribution >= 0.6 is 0 Å². The van der Waals surface area contributed by atoms with E-state index in [0.717, 1.165) is 0 Å². The van der Waals surface area contributed by atoms with Crippen LogP contribution in [-0.4, -0.2) is 23.3 Å². The van der Waals surface area contributed by atoms with E-state index in [4.69, 9.17) is 21.7 Å². The van der Waals surface area contributed by atoms with Gasteiger partial charge in [-0.15, -0.1) is 0 Å². The number of nitrogens with two attached hydrogens (primary N) is 2. The number of hydrogen-bond donors (Lipinski definition) is 4. The van der Waals surface area contributed by atoms with Gasteiger partial charge >= 0.3 is 0 Å². The second-order valence-corrected chi connectivity index (χ2v) is 0.994. The molecular weight excluding hydrogens is 108 g/mol. The Morgan fingerprint density at radius 3 is 1.38 bits per heavy atom. The Morgan fingerprint density at radius 2 is 1.38 bits per heavy atom. The third-order valence-corrected chi connectivity index (χ3v) is 0.167. The molecule has 8 heavy (non-hydrogen) atoms. The van der Waals surface area contributed by atoms with Crippen molar-refractivity contribution < 1.29 is 10.2 Å². The zero-order valence-electron chi connectivity index (χ0n) is 4.67. The first-order valence-electron chi connectivity index (χ1n) is 2.12. The van der Waals surface area contributed by atoms with Gasteiger partial charge in [0.2, 0.25) is 0 Å². The number of rotatable bonds is 1. The molecule has 0 saturated heterocycles. The van der Waals surface area contributed by atoms with Crippen LogP contribution in [0.2, 0.25) is 0 Å². The standard InChI is InChI=1S/C2H8N2.C2H4O2/c3-1-2-4;1-2(3)4/h1-4H2;3-4H,1H2. The molecule has 0 heterocycles. The van der Waals surface area contributed by atoms with Crippen molar-refractivity contribution in [3.8, 4) is 0 Å². The van der Waals surface area contributed by atoms with Crippen LogP contribution < -0.4 is 11.5 Å². The maximum atomic E-state index is 7.42. The quantitative estimate of drug-likeness (QED) is 0.350. The Morgan fingerprint density at radius 1 is 1.25 bits per heavy atom. The summed E-state index contributed by atoms with van der Waals surface area (Å²) in [6.07, 6.45) is 0. The smallest absolute Gasteiger partial charge is 0.266 e. The summed E-state index contributed by atoms with van der Waals surface area (Å²) in [6, 6.07) is 0. The molecule has 0 aliphatic rings. The molecule has 0 saturated carbocycles. The lowest BCUT2D eigenvalue weighted by Gasteiger charge is -1.72. The van der Waals surface area contributed by atoms with E-state index in [1.807, 2.05) is 0 Å². The zero-order valence-corrected chi connectivity index (χ0v) is 4.67. The van der Waals surface area contributed by atoms with Crippen LogP contribution in [0.4, 0.5) is 0 Å². The van der Waals surface area contributed by atoms with Gasteiger partial charge in [-0.3, -0.25) is 0 Å². The molecule has 0 spiro atoms. The van der Waals surface area contributed by atoms with Gasteiger partial charge in [0.25, 0.3) is 5.95 Å². The van der Waals surface area contributed by atoms with Crippen molar-refractivity contribution in [2.24, 2.45) is 11.5 Å². The van der Waals surface area contributed by atoms with Crippen LogP contribution in [0, 0.1) is 0 Å². The van der Waals surface area contributed by atoms with Crippen molar-refractivity contribution in [1.29, 1.82) is 0 Å². The fourth-order valence-corrected chi connectivity index (χ4v) is 0. The molecule has 0 aromatic carbocycles. The van der Waals surface area contributed by atoms with Gasteiger partial charge in [-0.25, -0.2) is 0 Å². The van der Waals surface area contributed by atoms with Crippen molar-refractivity contribution in [2.75, 3.05) is 13.1 Å². The molecular formula is C4H12N2O2. The Kier molecular flexibility index (Phi) is 12.3. The van der Waals surface area contributed by atoms with Gasteiger partial charge < -0.3 is 21.7 Å². The van der Waals surface area contributed by atoms with E-state index in [1.54, 1.807) is 0 Å². The molecule has 0 radical (unpaired) electrons. The maximum Gasteiger partial charge on any atom is 0.266 e. The zero-order chi connectivity index (χ0) is 6.99. The molecule has 0 unspecified atom stereocenters. The van der Waals surface area contributed by atoms with E-state index in [0.29, 0.717) is 13.1 Å². The average molecular weight is 120 g/mol. The topological polar surface area (TPSA) is 92.5 Å². The van der Waals surface area contributed by atoms with Crippen LogP contribution in [0.3, 0.4) is 0 Å². The van der Waals surface area contributed by atoms with Crippen molar-refractivity contribution in [1.82, 2.24) is 0 Å². The lowest BCUT2D eigenvalue weighted by Crippen LogP contribution is -2.11. The molecule has 0 aromatic rings. The number of hydrogen-bond acceptors (Lipinski definition) is 4. The summed E-state index contributed by atoms with van der Waals surface area (Å²) in [7, 11) is 0. The summed E-state index contributed by atoms with van der Waals surface area (Å²) in [5.41, 5.74) is 9.81. The molecule has 6 N–H and O–H groups in total. The highest BCUT2D eigenvalue weighted by molar-refractivity contribution is 4.54. The Bertz CT molecular complexity index is 50.0. The first-order chi connectivity index (χ1) is 3.65. The minimum atomic E-state index is -0.833. The lowest BCUT2D eigenvalue weighted by molar-refractivity contribution is 0.194. The Hall–Kier alpha value is -0.740. The van der Waals surface area contributed by atoms with E-state index < -0.39 is 5.95 Å². The molecule has 4 heteroatoms. The van der Waals surface area contributed by atoms with Crippen LogP contribution in [-0.2, 0) is 0 Å². The highest BCUT2D eigenvalue weighted by Gasteiger charge is 1.56. The van der Waals surface area contributed by atoms with E-state index in [-0.39, 0.29) is 0 Å². The van der Waals surface area contributed by atoms with Crippen molar-refractivity contribution >= 4 is 0 Å². The predicted molar refractivity (Wildman–Crippen MR) is 32.5 cm³/mol. The first kappa shape index (κ1) is 10.3. The maximum absolute atomic E-state index is 7.42. The van der Waals surface area contributed by atoms with Crippen LogP contribution in [0.15, 0.2) is 12.5 Å². The highest BCUT2D eigenvalue weighted by Crippen LogP contribution is 1.58. The van der Waals surface area contributed by atoms with E-state index in [2.05, 4.69) is 6.58 Å². The summed E-state index contributed by atoms with van der Waals surface area (Å²) in [5, 5.41) is 14.8. The van der Waals surface area contributed by atoms with Gasteiger partial charge in [0.1, 0.15) is 0 Å². The second-order valence-electron chi connectivity index (χ2n) is 0.994. The third kappa shape index (κ3) is 1410. The predicted octanol–water partition coefficient (Wildman–Crippen LogP) is -0.523. The van der Waals surface area contributed by atoms with Gasteiger partial charge in [-0.1, -0.05) is 0 Å². The fraction of sp³-hybridized carbons (Fsp3) is 0.500. The van der Waals surface area contributed by atoms with Crippen LogP contribution in [0.1, 0.15) is 0 Å². The third-order valence-electron chi connectivity index (χ3n) is 0.167. The molecule has 0 aliphatic heterocycles. The molecule has 50 valence electrons. The summed E-state index contributed by atoms with van der Waals surface area (Å²) < 4.78 is 0. The molecule has 0 atom stereocenters. The average Bonchev–Trinajstić information content (AvgIpc) is 1.65. The fourth-order valence-electron chi connectivity index (χ4n) is 0. The molecule has 0 aromatic heterocycles. The molecule has 0 rings (SSSR count). The molecule has 0 bridgehead atoms. The summed E-state index contributed by atoms with van der Waals surface area (Å²) in [6.45, 7) is 3.86. The SMILES string of the molecule is C=C(O)O.NCCN. The van der Waals surface area contributed by atoms with Crippen molar-refractivity contribution in [3.63, 3.8) is 0 Å². The minimum absolute atomic E-state index is 0.597.